The number of carboxylic acids is 1. The molecule has 2 N–H and O–H groups in total. The number of rotatable bonds is 16. The number of ether oxygens (including phenoxy) is 2. The zero-order valence-electron chi connectivity index (χ0n) is 19.9. The summed E-state index contributed by atoms with van der Waals surface area (Å²) in [5, 5.41) is 11.8. The van der Waals surface area contributed by atoms with Crippen LogP contribution in [0.25, 0.3) is 0 Å². The van der Waals surface area contributed by atoms with Crippen LogP contribution in [0.3, 0.4) is 0 Å². The van der Waals surface area contributed by atoms with Crippen LogP contribution in [0.5, 0.6) is 5.75 Å². The number of carbonyl (C=O) groups excluding carboxylic acids is 1. The number of urea groups is 1. The summed E-state index contributed by atoms with van der Waals surface area (Å²) in [6.45, 7) is 4.38. The Morgan fingerprint density at radius 1 is 1.06 bits per heavy atom. The van der Waals surface area contributed by atoms with E-state index in [1.807, 2.05) is 6.92 Å². The molecule has 0 fully saturated rings. The van der Waals surface area contributed by atoms with Crippen LogP contribution >= 0.6 is 0 Å². The molecule has 0 heterocycles. The van der Waals surface area contributed by atoms with E-state index in [2.05, 4.69) is 5.32 Å². The monoisotopic (exact) mass is 512 g/mol. The Morgan fingerprint density at radius 2 is 1.71 bits per heavy atom. The summed E-state index contributed by atoms with van der Waals surface area (Å²) in [4.78, 5) is 24.8. The van der Waals surface area contributed by atoms with Gasteiger partial charge in [-0.2, -0.15) is 22.0 Å². The third-order valence-corrected chi connectivity index (χ3v) is 5.01. The minimum absolute atomic E-state index is 0.000210. The molecule has 0 radical (unpaired) electrons. The van der Waals surface area contributed by atoms with Gasteiger partial charge in [0.2, 0.25) is 0 Å². The maximum Gasteiger partial charge on any atom is 0.453 e. The first-order chi connectivity index (χ1) is 16.4. The highest BCUT2D eigenvalue weighted by Crippen LogP contribution is 2.39. The van der Waals surface area contributed by atoms with Crippen LogP contribution in [0.2, 0.25) is 0 Å². The SMILES string of the molecule is CCCNC(=O)N(CCCCC(F)(F)C(F)(F)F)CCOc1ccc(CC(OCC)C(=O)O)cc1. The molecule has 0 spiro atoms. The fourth-order valence-electron chi connectivity index (χ4n) is 3.08. The molecule has 7 nitrogen and oxygen atoms in total. The van der Waals surface area contributed by atoms with Crippen molar-refractivity contribution >= 4 is 12.0 Å². The number of halogens is 5. The lowest BCUT2D eigenvalue weighted by molar-refractivity contribution is -0.284. The van der Waals surface area contributed by atoms with E-state index in [0.717, 1.165) is 5.56 Å². The molecule has 12 heteroatoms. The van der Waals surface area contributed by atoms with Gasteiger partial charge in [0.15, 0.2) is 6.10 Å². The molecule has 35 heavy (non-hydrogen) atoms. The lowest BCUT2D eigenvalue weighted by Crippen LogP contribution is -2.43. The molecule has 1 atom stereocenters. The first-order valence-corrected chi connectivity index (χ1v) is 11.4. The molecule has 0 aromatic heterocycles. The largest absolute Gasteiger partial charge is 0.492 e. The molecule has 0 aliphatic rings. The molecule has 1 rings (SSSR count). The zero-order chi connectivity index (χ0) is 26.5. The molecule has 1 unspecified atom stereocenters. The van der Waals surface area contributed by atoms with E-state index < -0.39 is 43.0 Å². The Bertz CT molecular complexity index is 775. The Balaban J connectivity index is 2.59. The van der Waals surface area contributed by atoms with Crippen molar-refractivity contribution in [2.45, 2.75) is 64.2 Å². The van der Waals surface area contributed by atoms with Crippen LogP contribution in [-0.4, -0.2) is 73.1 Å². The quantitative estimate of drug-likeness (QED) is 0.243. The van der Waals surface area contributed by atoms with Crippen LogP contribution in [0.1, 0.15) is 45.1 Å². The van der Waals surface area contributed by atoms with Crippen LogP contribution < -0.4 is 10.1 Å². The van der Waals surface area contributed by atoms with E-state index >= 15 is 0 Å². The van der Waals surface area contributed by atoms with Gasteiger partial charge >= 0.3 is 24.1 Å². The molecule has 0 saturated carbocycles. The van der Waals surface area contributed by atoms with Crippen molar-refractivity contribution in [3.63, 3.8) is 0 Å². The number of benzene rings is 1. The number of nitrogens with one attached hydrogen (secondary N) is 1. The fraction of sp³-hybridized carbons (Fsp3) is 0.652. The summed E-state index contributed by atoms with van der Waals surface area (Å²) in [6, 6.07) is 6.21. The number of nitrogens with zero attached hydrogens (tertiary/aromatic N) is 1. The molecular weight excluding hydrogens is 479 g/mol. The van der Waals surface area contributed by atoms with E-state index in [4.69, 9.17) is 14.6 Å². The Kier molecular flexibility index (Phi) is 12.8. The van der Waals surface area contributed by atoms with Crippen LogP contribution in [0, 0.1) is 0 Å². The van der Waals surface area contributed by atoms with Crippen molar-refractivity contribution in [1.29, 1.82) is 0 Å². The number of carbonyl (C=O) groups is 2. The molecule has 1 aromatic rings. The van der Waals surface area contributed by atoms with Crippen molar-refractivity contribution in [2.75, 3.05) is 32.8 Å². The average Bonchev–Trinajstić information content (AvgIpc) is 2.78. The highest BCUT2D eigenvalue weighted by Gasteiger charge is 2.56. The highest BCUT2D eigenvalue weighted by molar-refractivity contribution is 5.74. The van der Waals surface area contributed by atoms with Gasteiger partial charge in [-0.1, -0.05) is 19.1 Å². The number of aliphatic carboxylic acids is 1. The maximum absolute atomic E-state index is 13.1. The number of carboxylic acid groups (broad SMARTS) is 1. The summed E-state index contributed by atoms with van der Waals surface area (Å²) < 4.78 is 73.8. The standard InChI is InChI=1S/C23H33F5N2O5/c1-3-12-29-21(33)30(13-6-5-11-22(24,25)23(26,27)28)14-15-35-18-9-7-17(8-10-18)16-19(20(31)32)34-4-2/h7-10,19H,3-6,11-16H2,1-2H3,(H,29,33)(H,31,32). The molecule has 1 aromatic carbocycles. The van der Waals surface area contributed by atoms with E-state index in [9.17, 15) is 31.5 Å². The van der Waals surface area contributed by atoms with Gasteiger partial charge in [0.25, 0.3) is 0 Å². The normalized spacial score (nSPS) is 12.8. The van der Waals surface area contributed by atoms with Crippen molar-refractivity contribution in [2.24, 2.45) is 0 Å². The molecule has 200 valence electrons. The van der Waals surface area contributed by atoms with Crippen molar-refractivity contribution in [3.05, 3.63) is 29.8 Å². The summed E-state index contributed by atoms with van der Waals surface area (Å²) in [5.41, 5.74) is 0.731. The number of alkyl halides is 5. The third kappa shape index (κ3) is 11.1. The van der Waals surface area contributed by atoms with Crippen LogP contribution in [0.4, 0.5) is 26.7 Å². The van der Waals surface area contributed by atoms with Crippen LogP contribution in [-0.2, 0) is 16.0 Å². The van der Waals surface area contributed by atoms with Crippen molar-refractivity contribution in [1.82, 2.24) is 10.2 Å². The smallest absolute Gasteiger partial charge is 0.453 e. The van der Waals surface area contributed by atoms with Gasteiger partial charge in [0.05, 0.1) is 6.54 Å². The Hall–Kier alpha value is -2.63. The summed E-state index contributed by atoms with van der Waals surface area (Å²) in [7, 11) is 0. The predicted octanol–water partition coefficient (Wildman–Crippen LogP) is 4.89. The summed E-state index contributed by atoms with van der Waals surface area (Å²) >= 11 is 0. The van der Waals surface area contributed by atoms with Gasteiger partial charge < -0.3 is 24.8 Å². The van der Waals surface area contributed by atoms with Crippen LogP contribution in [0.15, 0.2) is 24.3 Å². The maximum atomic E-state index is 13.1. The topological polar surface area (TPSA) is 88.1 Å². The lowest BCUT2D eigenvalue weighted by Gasteiger charge is -2.24. The second-order valence-electron chi connectivity index (χ2n) is 7.86. The average molecular weight is 513 g/mol. The highest BCUT2D eigenvalue weighted by atomic mass is 19.4. The number of hydrogen-bond donors (Lipinski definition) is 2. The fourth-order valence-corrected chi connectivity index (χ4v) is 3.08. The molecule has 0 saturated heterocycles. The van der Waals surface area contributed by atoms with Crippen molar-refractivity contribution in [3.8, 4) is 5.75 Å². The number of amides is 2. The first kappa shape index (κ1) is 30.4. The van der Waals surface area contributed by atoms with Gasteiger partial charge in [-0.15, -0.1) is 0 Å². The van der Waals surface area contributed by atoms with E-state index in [-0.39, 0.29) is 39.1 Å². The van der Waals surface area contributed by atoms with Gasteiger partial charge in [-0.05, 0) is 43.9 Å². The Labute approximate surface area is 201 Å². The molecule has 0 aliphatic carbocycles. The summed E-state index contributed by atoms with van der Waals surface area (Å²) in [6.07, 6.45) is -7.45. The first-order valence-electron chi connectivity index (χ1n) is 11.4. The molecule has 2 amide bonds. The minimum Gasteiger partial charge on any atom is -0.492 e. The van der Waals surface area contributed by atoms with Gasteiger partial charge in [-0.25, -0.2) is 9.59 Å². The minimum atomic E-state index is -5.59. The third-order valence-electron chi connectivity index (χ3n) is 5.01. The molecule has 0 aliphatic heterocycles. The number of unbranched alkanes of at least 4 members (excludes halogenated alkanes) is 1. The van der Waals surface area contributed by atoms with Gasteiger partial charge in [0, 0.05) is 32.5 Å². The van der Waals surface area contributed by atoms with Crippen molar-refractivity contribution < 1.29 is 46.1 Å². The van der Waals surface area contributed by atoms with E-state index in [1.54, 1.807) is 31.2 Å². The van der Waals surface area contributed by atoms with E-state index in [0.29, 0.717) is 18.7 Å². The summed E-state index contributed by atoms with van der Waals surface area (Å²) in [5.74, 6) is -5.35. The lowest BCUT2D eigenvalue weighted by atomic mass is 10.1. The number of hydrogen-bond acceptors (Lipinski definition) is 4. The van der Waals surface area contributed by atoms with E-state index in [1.165, 1.54) is 4.90 Å². The Morgan fingerprint density at radius 3 is 2.26 bits per heavy atom. The van der Waals surface area contributed by atoms with Gasteiger partial charge in [-0.3, -0.25) is 0 Å². The second kappa shape index (κ2) is 14.7. The molecular formula is C23H33F5N2O5. The van der Waals surface area contributed by atoms with Gasteiger partial charge in [0.1, 0.15) is 12.4 Å². The predicted molar refractivity (Wildman–Crippen MR) is 119 cm³/mol. The molecule has 0 bridgehead atoms. The second-order valence-corrected chi connectivity index (χ2v) is 7.86. The zero-order valence-corrected chi connectivity index (χ0v) is 19.9.